The lowest BCUT2D eigenvalue weighted by Crippen LogP contribution is -2.17. The van der Waals surface area contributed by atoms with Crippen LogP contribution in [0.4, 0.5) is 5.69 Å². The highest BCUT2D eigenvalue weighted by atomic mass is 35.5. The molecule has 90 valence electrons. The fraction of sp³-hybridized carbons (Fsp3) is 0.462. The van der Waals surface area contributed by atoms with Crippen LogP contribution in [0.3, 0.4) is 0 Å². The molecule has 0 aliphatic heterocycles. The molecule has 0 aromatic heterocycles. The first-order valence-corrected chi connectivity index (χ1v) is 6.09. The number of methoxy groups -OCH3 is 1. The summed E-state index contributed by atoms with van der Waals surface area (Å²) in [6.45, 7) is 0. The van der Waals surface area contributed by atoms with E-state index < -0.39 is 0 Å². The molecule has 1 aliphatic carbocycles. The van der Waals surface area contributed by atoms with Crippen LogP contribution in [-0.2, 0) is 4.74 Å². The Bertz CT molecular complexity index is 442. The molecule has 1 aromatic carbocycles. The second-order valence-corrected chi connectivity index (χ2v) is 4.75. The Morgan fingerprint density at radius 1 is 1.47 bits per heavy atom. The number of nitrogens with one attached hydrogen (secondary N) is 1. The summed E-state index contributed by atoms with van der Waals surface area (Å²) < 4.78 is 5.33. The lowest BCUT2D eigenvalue weighted by molar-refractivity contribution is 0.108. The van der Waals surface area contributed by atoms with Crippen LogP contribution in [0.1, 0.15) is 24.8 Å². The average molecular weight is 251 g/mol. The lowest BCUT2D eigenvalue weighted by Gasteiger charge is -2.15. The predicted molar refractivity (Wildman–Crippen MR) is 68.2 cm³/mol. The number of hydrogen-bond donors (Lipinski definition) is 1. The van der Waals surface area contributed by atoms with Crippen molar-refractivity contribution in [3.05, 3.63) is 28.8 Å². The highest BCUT2D eigenvalue weighted by molar-refractivity contribution is 6.30. The Morgan fingerprint density at radius 2 is 2.29 bits per heavy atom. The van der Waals surface area contributed by atoms with Gasteiger partial charge in [-0.15, -0.1) is 0 Å². The van der Waals surface area contributed by atoms with Crippen LogP contribution >= 0.6 is 11.6 Å². The topological polar surface area (TPSA) is 45.0 Å². The van der Waals surface area contributed by atoms with Gasteiger partial charge in [0.1, 0.15) is 6.07 Å². The van der Waals surface area contributed by atoms with Crippen molar-refractivity contribution in [2.75, 3.05) is 12.4 Å². The third kappa shape index (κ3) is 2.91. The van der Waals surface area contributed by atoms with E-state index in [1.54, 1.807) is 25.3 Å². The second-order valence-electron chi connectivity index (χ2n) is 4.31. The van der Waals surface area contributed by atoms with Crippen LogP contribution in [0.5, 0.6) is 0 Å². The average Bonchev–Trinajstić information content (AvgIpc) is 2.77. The van der Waals surface area contributed by atoms with Gasteiger partial charge in [0.15, 0.2) is 0 Å². The van der Waals surface area contributed by atoms with Crippen LogP contribution in [0.25, 0.3) is 0 Å². The van der Waals surface area contributed by atoms with Gasteiger partial charge >= 0.3 is 0 Å². The van der Waals surface area contributed by atoms with E-state index in [0.29, 0.717) is 22.7 Å². The maximum Gasteiger partial charge on any atom is 0.101 e. The third-order valence-electron chi connectivity index (χ3n) is 3.18. The summed E-state index contributed by atoms with van der Waals surface area (Å²) in [6.07, 6.45) is 3.44. The summed E-state index contributed by atoms with van der Waals surface area (Å²) in [7, 11) is 1.74. The second kappa shape index (κ2) is 5.39. The van der Waals surface area contributed by atoms with E-state index in [2.05, 4.69) is 11.4 Å². The Labute approximate surface area is 106 Å². The monoisotopic (exact) mass is 250 g/mol. The summed E-state index contributed by atoms with van der Waals surface area (Å²) in [4.78, 5) is 0. The number of hydrogen-bond acceptors (Lipinski definition) is 3. The molecular weight excluding hydrogens is 236 g/mol. The van der Waals surface area contributed by atoms with Gasteiger partial charge in [-0.1, -0.05) is 11.6 Å². The third-order valence-corrected chi connectivity index (χ3v) is 3.41. The molecule has 0 amide bonds. The zero-order chi connectivity index (χ0) is 12.3. The molecule has 1 fully saturated rings. The van der Waals surface area contributed by atoms with Gasteiger partial charge in [-0.05, 0) is 37.5 Å². The summed E-state index contributed by atoms with van der Waals surface area (Å²) >= 11 is 5.94. The smallest absolute Gasteiger partial charge is 0.101 e. The first-order chi connectivity index (χ1) is 8.22. The molecule has 0 radical (unpaired) electrons. The quantitative estimate of drug-likeness (QED) is 0.896. The van der Waals surface area contributed by atoms with Gasteiger partial charge < -0.3 is 10.1 Å². The van der Waals surface area contributed by atoms with E-state index in [-0.39, 0.29) is 0 Å². The molecule has 4 heteroatoms. The molecule has 2 unspecified atom stereocenters. The number of anilines is 1. The van der Waals surface area contributed by atoms with E-state index in [0.717, 1.165) is 24.9 Å². The predicted octanol–water partition coefficient (Wildman–Crippen LogP) is 3.19. The maximum atomic E-state index is 9.02. The van der Waals surface area contributed by atoms with Crippen LogP contribution < -0.4 is 5.32 Å². The Morgan fingerprint density at radius 3 is 2.94 bits per heavy atom. The lowest BCUT2D eigenvalue weighted by atomic mass is 10.1. The van der Waals surface area contributed by atoms with Gasteiger partial charge in [0, 0.05) is 18.2 Å². The van der Waals surface area contributed by atoms with Crippen molar-refractivity contribution in [3.63, 3.8) is 0 Å². The van der Waals surface area contributed by atoms with E-state index in [4.69, 9.17) is 21.6 Å². The zero-order valence-electron chi connectivity index (χ0n) is 9.74. The Hall–Kier alpha value is -1.24. The molecule has 1 aliphatic rings. The van der Waals surface area contributed by atoms with Crippen LogP contribution in [0, 0.1) is 11.3 Å². The first-order valence-electron chi connectivity index (χ1n) is 5.72. The largest absolute Gasteiger partial charge is 0.381 e. The first kappa shape index (κ1) is 12.2. The van der Waals surface area contributed by atoms with Gasteiger partial charge in [-0.3, -0.25) is 0 Å². The number of benzene rings is 1. The van der Waals surface area contributed by atoms with Crippen LogP contribution in [0.15, 0.2) is 18.2 Å². The molecule has 2 atom stereocenters. The molecule has 1 aromatic rings. The van der Waals surface area contributed by atoms with Crippen molar-refractivity contribution < 1.29 is 4.74 Å². The van der Waals surface area contributed by atoms with Crippen molar-refractivity contribution in [3.8, 4) is 6.07 Å². The summed E-state index contributed by atoms with van der Waals surface area (Å²) in [5.41, 5.74) is 1.46. The van der Waals surface area contributed by atoms with E-state index in [1.807, 2.05) is 0 Å². The zero-order valence-corrected chi connectivity index (χ0v) is 10.5. The number of halogens is 1. The van der Waals surface area contributed by atoms with Crippen molar-refractivity contribution in [1.82, 2.24) is 0 Å². The van der Waals surface area contributed by atoms with Gasteiger partial charge in [0.25, 0.3) is 0 Å². The fourth-order valence-corrected chi connectivity index (χ4v) is 2.41. The highest BCUT2D eigenvalue weighted by Crippen LogP contribution is 2.27. The minimum absolute atomic E-state index is 0.331. The van der Waals surface area contributed by atoms with Crippen LogP contribution in [0.2, 0.25) is 5.02 Å². The standard InChI is InChI=1S/C13H15ClN2O/c1-17-12-5-4-11(7-12)16-13-6-10(14)3-2-9(13)8-15/h2-3,6,11-12,16H,4-5,7H2,1H3. The maximum absolute atomic E-state index is 9.02. The summed E-state index contributed by atoms with van der Waals surface area (Å²) in [6, 6.07) is 7.82. The number of nitriles is 1. The van der Waals surface area contributed by atoms with E-state index in [1.165, 1.54) is 0 Å². The van der Waals surface area contributed by atoms with Gasteiger partial charge in [0.05, 0.1) is 17.4 Å². The minimum atomic E-state index is 0.331. The molecule has 2 rings (SSSR count). The van der Waals surface area contributed by atoms with Crippen molar-refractivity contribution in [2.24, 2.45) is 0 Å². The summed E-state index contributed by atoms with van der Waals surface area (Å²) in [5, 5.41) is 13.0. The normalized spacial score (nSPS) is 23.4. The molecule has 0 heterocycles. The van der Waals surface area contributed by atoms with Gasteiger partial charge in [-0.2, -0.15) is 5.26 Å². The Kier molecular flexibility index (Phi) is 3.88. The molecule has 0 spiro atoms. The Balaban J connectivity index is 2.09. The van der Waals surface area contributed by atoms with Crippen molar-refractivity contribution >= 4 is 17.3 Å². The number of ether oxygens (including phenoxy) is 1. The number of nitrogens with zero attached hydrogens (tertiary/aromatic N) is 1. The molecule has 3 nitrogen and oxygen atoms in total. The molecular formula is C13H15ClN2O. The van der Waals surface area contributed by atoms with Gasteiger partial charge in [0.2, 0.25) is 0 Å². The summed E-state index contributed by atoms with van der Waals surface area (Å²) in [5.74, 6) is 0. The van der Waals surface area contributed by atoms with Crippen LogP contribution in [-0.4, -0.2) is 19.3 Å². The molecule has 1 saturated carbocycles. The SMILES string of the molecule is COC1CCC(Nc2cc(Cl)ccc2C#N)C1. The fourth-order valence-electron chi connectivity index (χ4n) is 2.24. The van der Waals surface area contributed by atoms with Gasteiger partial charge in [-0.25, -0.2) is 0 Å². The molecule has 1 N–H and O–H groups in total. The molecule has 0 saturated heterocycles. The highest BCUT2D eigenvalue weighted by Gasteiger charge is 2.24. The number of rotatable bonds is 3. The van der Waals surface area contributed by atoms with E-state index in [9.17, 15) is 0 Å². The van der Waals surface area contributed by atoms with Crippen molar-refractivity contribution in [2.45, 2.75) is 31.4 Å². The molecule has 0 bridgehead atoms. The van der Waals surface area contributed by atoms with E-state index >= 15 is 0 Å². The van der Waals surface area contributed by atoms with Crippen molar-refractivity contribution in [1.29, 1.82) is 5.26 Å². The molecule has 17 heavy (non-hydrogen) atoms. The minimum Gasteiger partial charge on any atom is -0.381 e.